The molecule has 0 aliphatic heterocycles. The maximum Gasteiger partial charge on any atom is 0.441 e. The van der Waals surface area contributed by atoms with Gasteiger partial charge in [0.15, 0.2) is 5.82 Å². The van der Waals surface area contributed by atoms with E-state index in [-0.39, 0.29) is 25.2 Å². The molecule has 1 aromatic rings. The van der Waals surface area contributed by atoms with Gasteiger partial charge in [0.25, 0.3) is 0 Å². The minimum absolute atomic E-state index is 0.0905. The number of aryl methyl sites for hydroxylation is 1. The molecular formula is C11H16FN3O4. The molecule has 0 aliphatic rings. The highest BCUT2D eigenvalue weighted by atomic mass is 19.1. The molecule has 0 aromatic carbocycles. The third-order valence-electron chi connectivity index (χ3n) is 2.69. The van der Waals surface area contributed by atoms with Gasteiger partial charge in [0, 0.05) is 0 Å². The van der Waals surface area contributed by atoms with Gasteiger partial charge in [-0.3, -0.25) is 13.9 Å². The number of rotatable bonds is 6. The lowest BCUT2D eigenvalue weighted by atomic mass is 9.97. The zero-order valence-corrected chi connectivity index (χ0v) is 10.7. The fourth-order valence-corrected chi connectivity index (χ4v) is 1.37. The van der Waals surface area contributed by atoms with Crippen LogP contribution in [0.3, 0.4) is 0 Å². The van der Waals surface area contributed by atoms with Gasteiger partial charge < -0.3 is 10.8 Å². The van der Waals surface area contributed by atoms with E-state index in [4.69, 9.17) is 10.8 Å². The maximum atomic E-state index is 13.5. The van der Waals surface area contributed by atoms with E-state index in [1.54, 1.807) is 0 Å². The van der Waals surface area contributed by atoms with E-state index < -0.39 is 23.1 Å². The third-order valence-corrected chi connectivity index (χ3v) is 2.69. The van der Waals surface area contributed by atoms with Crippen molar-refractivity contribution in [1.82, 2.24) is 9.72 Å². The third kappa shape index (κ3) is 4.02. The lowest BCUT2D eigenvalue weighted by molar-refractivity contribution is -0.142. The largest absolute Gasteiger partial charge is 0.480 e. The highest BCUT2D eigenvalue weighted by Crippen LogP contribution is 2.12. The van der Waals surface area contributed by atoms with Crippen molar-refractivity contribution in [3.8, 4) is 0 Å². The highest BCUT2D eigenvalue weighted by molar-refractivity contribution is 5.77. The molecule has 0 spiro atoms. The summed E-state index contributed by atoms with van der Waals surface area (Å²) in [6.07, 6.45) is 1.45. The number of hydrogen-bond acceptors (Lipinski definition) is 5. The SMILES string of the molecule is Cc1noc(=O)n1CC(F)=CCC[C@@](C)(N)C(=O)O. The Kier molecular flexibility index (Phi) is 4.60. The molecule has 1 heterocycles. The Morgan fingerprint density at radius 1 is 1.68 bits per heavy atom. The molecule has 0 unspecified atom stereocenters. The van der Waals surface area contributed by atoms with E-state index in [2.05, 4.69) is 9.68 Å². The van der Waals surface area contributed by atoms with Crippen molar-refractivity contribution in [3.05, 3.63) is 28.3 Å². The molecule has 0 aliphatic carbocycles. The highest BCUT2D eigenvalue weighted by Gasteiger charge is 2.26. The van der Waals surface area contributed by atoms with Crippen molar-refractivity contribution in [1.29, 1.82) is 0 Å². The molecule has 1 aromatic heterocycles. The molecule has 0 bridgehead atoms. The van der Waals surface area contributed by atoms with Crippen LogP contribution in [0.2, 0.25) is 0 Å². The first-order chi connectivity index (χ1) is 8.74. The quantitative estimate of drug-likeness (QED) is 0.784. The van der Waals surface area contributed by atoms with Gasteiger partial charge in [-0.15, -0.1) is 0 Å². The fraction of sp³-hybridized carbons (Fsp3) is 0.545. The second kappa shape index (κ2) is 5.79. The molecule has 1 rings (SSSR count). The summed E-state index contributed by atoms with van der Waals surface area (Å²) in [6.45, 7) is 2.58. The summed E-state index contributed by atoms with van der Waals surface area (Å²) in [7, 11) is 0. The second-order valence-electron chi connectivity index (χ2n) is 4.49. The van der Waals surface area contributed by atoms with Crippen LogP contribution in [-0.2, 0) is 11.3 Å². The van der Waals surface area contributed by atoms with E-state index in [1.807, 2.05) is 0 Å². The number of allylic oxidation sites excluding steroid dienone is 2. The molecular weight excluding hydrogens is 257 g/mol. The Morgan fingerprint density at radius 3 is 2.79 bits per heavy atom. The normalized spacial score (nSPS) is 15.3. The average molecular weight is 273 g/mol. The molecule has 0 saturated heterocycles. The van der Waals surface area contributed by atoms with Gasteiger partial charge in [-0.2, -0.15) is 0 Å². The smallest absolute Gasteiger partial charge is 0.441 e. The number of carboxylic acid groups (broad SMARTS) is 1. The number of hydrogen-bond donors (Lipinski definition) is 2. The molecule has 3 N–H and O–H groups in total. The number of aliphatic carboxylic acids is 1. The van der Waals surface area contributed by atoms with Crippen molar-refractivity contribution in [2.45, 2.75) is 38.8 Å². The molecule has 7 nitrogen and oxygen atoms in total. The van der Waals surface area contributed by atoms with Crippen LogP contribution in [0.1, 0.15) is 25.6 Å². The summed E-state index contributed by atoms with van der Waals surface area (Å²) >= 11 is 0. The first kappa shape index (κ1) is 15.1. The molecule has 0 fully saturated rings. The standard InChI is InChI=1S/C11H16FN3O4/c1-7-14-19-10(18)15(7)6-8(12)4-3-5-11(2,13)9(16)17/h4H,3,5-6,13H2,1-2H3,(H,16,17)/t11-/m1/s1. The van der Waals surface area contributed by atoms with Gasteiger partial charge in [-0.05, 0) is 26.7 Å². The summed E-state index contributed by atoms with van der Waals surface area (Å²) in [5.74, 6) is -2.19. The Balaban J connectivity index is 2.60. The van der Waals surface area contributed by atoms with Gasteiger partial charge in [0.2, 0.25) is 0 Å². The van der Waals surface area contributed by atoms with Crippen molar-refractivity contribution in [2.75, 3.05) is 0 Å². The Hall–Kier alpha value is -1.96. The number of halogens is 1. The number of carboxylic acids is 1. The number of aromatic nitrogens is 2. The van der Waals surface area contributed by atoms with Crippen LogP contribution in [0.25, 0.3) is 0 Å². The Morgan fingerprint density at radius 2 is 2.32 bits per heavy atom. The average Bonchev–Trinajstić information content (AvgIpc) is 2.60. The van der Waals surface area contributed by atoms with E-state index in [0.29, 0.717) is 0 Å². The predicted octanol–water partition coefficient (Wildman–Crippen LogP) is 0.580. The zero-order valence-electron chi connectivity index (χ0n) is 10.7. The van der Waals surface area contributed by atoms with Crippen molar-refractivity contribution in [3.63, 3.8) is 0 Å². The number of carbonyl (C=O) groups is 1. The fourth-order valence-electron chi connectivity index (χ4n) is 1.37. The number of nitrogens with zero attached hydrogens (tertiary/aromatic N) is 2. The van der Waals surface area contributed by atoms with Crippen LogP contribution in [-0.4, -0.2) is 26.3 Å². The minimum Gasteiger partial charge on any atom is -0.480 e. The zero-order chi connectivity index (χ0) is 14.6. The predicted molar refractivity (Wildman–Crippen MR) is 64.2 cm³/mol. The summed E-state index contributed by atoms with van der Waals surface area (Å²) < 4.78 is 18.9. The van der Waals surface area contributed by atoms with Crippen LogP contribution >= 0.6 is 0 Å². The van der Waals surface area contributed by atoms with Gasteiger partial charge >= 0.3 is 11.7 Å². The molecule has 106 valence electrons. The second-order valence-corrected chi connectivity index (χ2v) is 4.49. The molecule has 19 heavy (non-hydrogen) atoms. The monoisotopic (exact) mass is 273 g/mol. The van der Waals surface area contributed by atoms with Gasteiger partial charge in [0.1, 0.15) is 11.4 Å². The van der Waals surface area contributed by atoms with Crippen LogP contribution in [0.5, 0.6) is 0 Å². The van der Waals surface area contributed by atoms with Gasteiger partial charge in [-0.1, -0.05) is 11.2 Å². The van der Waals surface area contributed by atoms with Crippen molar-refractivity contribution in [2.24, 2.45) is 5.73 Å². The Bertz CT molecular complexity index is 544. The number of nitrogens with two attached hydrogens (primary N) is 1. The molecule has 8 heteroatoms. The van der Waals surface area contributed by atoms with E-state index >= 15 is 0 Å². The maximum absolute atomic E-state index is 13.5. The molecule has 0 radical (unpaired) electrons. The first-order valence-corrected chi connectivity index (χ1v) is 5.64. The van der Waals surface area contributed by atoms with E-state index in [0.717, 1.165) is 4.57 Å². The summed E-state index contributed by atoms with van der Waals surface area (Å²) in [6, 6.07) is 0. The van der Waals surface area contributed by atoms with Gasteiger partial charge in [0.05, 0.1) is 6.54 Å². The lowest BCUT2D eigenvalue weighted by Crippen LogP contribution is -2.44. The van der Waals surface area contributed by atoms with Crippen LogP contribution in [0.15, 0.2) is 21.2 Å². The molecule has 1 atom stereocenters. The van der Waals surface area contributed by atoms with Gasteiger partial charge in [-0.25, -0.2) is 9.18 Å². The topological polar surface area (TPSA) is 111 Å². The Labute approximate surface area is 108 Å². The molecule has 0 saturated carbocycles. The van der Waals surface area contributed by atoms with E-state index in [9.17, 15) is 14.0 Å². The van der Waals surface area contributed by atoms with Crippen molar-refractivity contribution >= 4 is 5.97 Å². The lowest BCUT2D eigenvalue weighted by Gasteiger charge is -2.17. The summed E-state index contributed by atoms with van der Waals surface area (Å²) in [5, 5.41) is 12.2. The molecule has 0 amide bonds. The van der Waals surface area contributed by atoms with Crippen LogP contribution in [0.4, 0.5) is 4.39 Å². The van der Waals surface area contributed by atoms with Crippen LogP contribution in [0, 0.1) is 6.92 Å². The van der Waals surface area contributed by atoms with Crippen LogP contribution < -0.4 is 11.5 Å². The van der Waals surface area contributed by atoms with E-state index in [1.165, 1.54) is 19.9 Å². The summed E-state index contributed by atoms with van der Waals surface area (Å²) in [4.78, 5) is 21.9. The first-order valence-electron chi connectivity index (χ1n) is 5.64. The minimum atomic E-state index is -1.40. The van der Waals surface area contributed by atoms with Crippen molar-refractivity contribution < 1.29 is 18.8 Å². The summed E-state index contributed by atoms with van der Waals surface area (Å²) in [5.41, 5.74) is 4.10.